The molecule has 1 saturated heterocycles. The maximum absolute atomic E-state index is 12.4. The van der Waals surface area contributed by atoms with E-state index in [1.54, 1.807) is 0 Å². The predicted octanol–water partition coefficient (Wildman–Crippen LogP) is 2.77. The number of para-hydroxylation sites is 1. The third kappa shape index (κ3) is 2.56. The fourth-order valence-corrected chi connectivity index (χ4v) is 2.51. The molecule has 1 atom stereocenters. The Bertz CT molecular complexity index is 428. The molecule has 3 heteroatoms. The van der Waals surface area contributed by atoms with Gasteiger partial charge >= 0.3 is 0 Å². The van der Waals surface area contributed by atoms with Crippen LogP contribution in [0.3, 0.4) is 0 Å². The summed E-state index contributed by atoms with van der Waals surface area (Å²) in [4.78, 5) is 12.4. The van der Waals surface area contributed by atoms with Crippen LogP contribution in [-0.4, -0.2) is 18.0 Å². The van der Waals surface area contributed by atoms with Crippen molar-refractivity contribution in [2.24, 2.45) is 0 Å². The Hall–Kier alpha value is -1.35. The highest BCUT2D eigenvalue weighted by Crippen LogP contribution is 2.24. The van der Waals surface area contributed by atoms with Crippen LogP contribution in [-0.2, 0) is 4.79 Å². The number of benzene rings is 1. The first kappa shape index (κ1) is 13.1. The van der Waals surface area contributed by atoms with Gasteiger partial charge in [-0.3, -0.25) is 4.79 Å². The molecule has 0 radical (unpaired) electrons. The number of carbonyl (C=O) groups is 1. The third-order valence-electron chi connectivity index (χ3n) is 3.84. The SMILES string of the molecule is Cc1cccc(C)c1NC(=O)C1(C)CCCCN1. The van der Waals surface area contributed by atoms with Crippen molar-refractivity contribution in [1.82, 2.24) is 5.32 Å². The van der Waals surface area contributed by atoms with Gasteiger partial charge < -0.3 is 10.6 Å². The minimum absolute atomic E-state index is 0.0830. The van der Waals surface area contributed by atoms with E-state index < -0.39 is 5.54 Å². The average Bonchev–Trinajstić information content (AvgIpc) is 2.34. The Morgan fingerprint density at radius 1 is 1.28 bits per heavy atom. The summed E-state index contributed by atoms with van der Waals surface area (Å²) in [5.74, 6) is 0.0830. The summed E-state index contributed by atoms with van der Waals surface area (Å²) in [6, 6.07) is 6.07. The molecular weight excluding hydrogens is 224 g/mol. The summed E-state index contributed by atoms with van der Waals surface area (Å²) < 4.78 is 0. The van der Waals surface area contributed by atoms with E-state index in [9.17, 15) is 4.79 Å². The quantitative estimate of drug-likeness (QED) is 0.842. The number of rotatable bonds is 2. The highest BCUT2D eigenvalue weighted by atomic mass is 16.2. The number of amides is 1. The monoisotopic (exact) mass is 246 g/mol. The highest BCUT2D eigenvalue weighted by Gasteiger charge is 2.34. The number of nitrogens with one attached hydrogen (secondary N) is 2. The molecule has 0 saturated carbocycles. The van der Waals surface area contributed by atoms with Crippen LogP contribution in [0.1, 0.15) is 37.3 Å². The maximum atomic E-state index is 12.4. The van der Waals surface area contributed by atoms with Crippen LogP contribution in [0.2, 0.25) is 0 Å². The van der Waals surface area contributed by atoms with Gasteiger partial charge in [-0.25, -0.2) is 0 Å². The summed E-state index contributed by atoms with van der Waals surface area (Å²) in [7, 11) is 0. The molecule has 2 rings (SSSR count). The lowest BCUT2D eigenvalue weighted by molar-refractivity contribution is -0.122. The van der Waals surface area contributed by atoms with Crippen LogP contribution in [0.15, 0.2) is 18.2 Å². The molecule has 1 aromatic carbocycles. The van der Waals surface area contributed by atoms with Crippen LogP contribution in [0, 0.1) is 13.8 Å². The summed E-state index contributed by atoms with van der Waals surface area (Å²) in [6.07, 6.45) is 3.18. The van der Waals surface area contributed by atoms with Gasteiger partial charge in [0.2, 0.25) is 5.91 Å². The summed E-state index contributed by atoms with van der Waals surface area (Å²) in [6.45, 7) is 6.98. The smallest absolute Gasteiger partial charge is 0.244 e. The van der Waals surface area contributed by atoms with Gasteiger partial charge in [-0.15, -0.1) is 0 Å². The number of aryl methyl sites for hydroxylation is 2. The first-order valence-electron chi connectivity index (χ1n) is 6.66. The molecule has 1 unspecified atom stereocenters. The van der Waals surface area contributed by atoms with Crippen LogP contribution < -0.4 is 10.6 Å². The zero-order valence-corrected chi connectivity index (χ0v) is 11.5. The van der Waals surface area contributed by atoms with Gasteiger partial charge in [-0.2, -0.15) is 0 Å². The second kappa shape index (κ2) is 5.11. The van der Waals surface area contributed by atoms with E-state index in [2.05, 4.69) is 10.6 Å². The Morgan fingerprint density at radius 3 is 2.50 bits per heavy atom. The van der Waals surface area contributed by atoms with Crippen molar-refractivity contribution in [3.05, 3.63) is 29.3 Å². The van der Waals surface area contributed by atoms with Crippen molar-refractivity contribution in [1.29, 1.82) is 0 Å². The normalized spacial score (nSPS) is 23.7. The van der Waals surface area contributed by atoms with Crippen LogP contribution >= 0.6 is 0 Å². The minimum Gasteiger partial charge on any atom is -0.324 e. The molecule has 0 aliphatic carbocycles. The average molecular weight is 246 g/mol. The molecule has 1 aromatic rings. The number of piperidine rings is 1. The summed E-state index contributed by atoms with van der Waals surface area (Å²) >= 11 is 0. The number of anilines is 1. The topological polar surface area (TPSA) is 41.1 Å². The molecule has 0 bridgehead atoms. The van der Waals surface area contributed by atoms with E-state index in [0.717, 1.165) is 42.6 Å². The lowest BCUT2D eigenvalue weighted by Gasteiger charge is -2.33. The van der Waals surface area contributed by atoms with Gasteiger partial charge in [0.1, 0.15) is 0 Å². The molecule has 2 N–H and O–H groups in total. The lowest BCUT2D eigenvalue weighted by atomic mass is 9.90. The largest absolute Gasteiger partial charge is 0.324 e. The maximum Gasteiger partial charge on any atom is 0.244 e. The predicted molar refractivity (Wildman–Crippen MR) is 74.8 cm³/mol. The van der Waals surface area contributed by atoms with Crippen molar-refractivity contribution in [3.63, 3.8) is 0 Å². The van der Waals surface area contributed by atoms with Gasteiger partial charge in [0.05, 0.1) is 5.54 Å². The lowest BCUT2D eigenvalue weighted by Crippen LogP contribution is -2.54. The Morgan fingerprint density at radius 2 is 1.94 bits per heavy atom. The van der Waals surface area contributed by atoms with Gasteiger partial charge in [0.25, 0.3) is 0 Å². The number of carbonyl (C=O) groups excluding carboxylic acids is 1. The number of hydrogen-bond acceptors (Lipinski definition) is 2. The molecule has 18 heavy (non-hydrogen) atoms. The molecule has 1 amide bonds. The fraction of sp³-hybridized carbons (Fsp3) is 0.533. The van der Waals surface area contributed by atoms with Crippen molar-refractivity contribution in [2.75, 3.05) is 11.9 Å². The van der Waals surface area contributed by atoms with Crippen molar-refractivity contribution in [3.8, 4) is 0 Å². The van der Waals surface area contributed by atoms with Crippen molar-refractivity contribution >= 4 is 11.6 Å². The molecule has 1 aliphatic heterocycles. The molecule has 1 heterocycles. The first-order chi connectivity index (χ1) is 8.53. The van der Waals surface area contributed by atoms with E-state index in [1.807, 2.05) is 39.0 Å². The molecule has 98 valence electrons. The van der Waals surface area contributed by atoms with E-state index >= 15 is 0 Å². The molecule has 0 spiro atoms. The van der Waals surface area contributed by atoms with Crippen LogP contribution in [0.4, 0.5) is 5.69 Å². The standard InChI is InChI=1S/C15H22N2O/c1-11-7-6-8-12(2)13(11)17-14(18)15(3)9-4-5-10-16-15/h6-8,16H,4-5,9-10H2,1-3H3,(H,17,18). The summed E-state index contributed by atoms with van der Waals surface area (Å²) in [5, 5.41) is 6.43. The molecular formula is C15H22N2O. The van der Waals surface area contributed by atoms with Gasteiger partial charge in [0, 0.05) is 5.69 Å². The zero-order chi connectivity index (χ0) is 13.2. The minimum atomic E-state index is -0.424. The Balaban J connectivity index is 2.16. The second-order valence-corrected chi connectivity index (χ2v) is 5.44. The van der Waals surface area contributed by atoms with E-state index in [-0.39, 0.29) is 5.91 Å². The second-order valence-electron chi connectivity index (χ2n) is 5.44. The van der Waals surface area contributed by atoms with Gasteiger partial charge in [-0.1, -0.05) is 18.2 Å². The third-order valence-corrected chi connectivity index (χ3v) is 3.84. The molecule has 1 fully saturated rings. The van der Waals surface area contributed by atoms with Crippen molar-refractivity contribution < 1.29 is 4.79 Å². The van der Waals surface area contributed by atoms with Crippen LogP contribution in [0.25, 0.3) is 0 Å². The Kier molecular flexibility index (Phi) is 3.71. The van der Waals surface area contributed by atoms with E-state index in [0.29, 0.717) is 0 Å². The molecule has 3 nitrogen and oxygen atoms in total. The van der Waals surface area contributed by atoms with Gasteiger partial charge in [-0.05, 0) is 57.7 Å². The number of hydrogen-bond donors (Lipinski definition) is 2. The highest BCUT2D eigenvalue weighted by molar-refractivity contribution is 5.99. The van der Waals surface area contributed by atoms with Gasteiger partial charge in [0.15, 0.2) is 0 Å². The Labute approximate surface area is 109 Å². The summed E-state index contributed by atoms with van der Waals surface area (Å²) in [5.41, 5.74) is 2.76. The van der Waals surface area contributed by atoms with Crippen LogP contribution in [0.5, 0.6) is 0 Å². The van der Waals surface area contributed by atoms with E-state index in [4.69, 9.17) is 0 Å². The zero-order valence-electron chi connectivity index (χ0n) is 11.5. The fourth-order valence-electron chi connectivity index (χ4n) is 2.51. The molecule has 0 aromatic heterocycles. The van der Waals surface area contributed by atoms with Crippen molar-refractivity contribution in [2.45, 2.75) is 45.6 Å². The van der Waals surface area contributed by atoms with E-state index in [1.165, 1.54) is 0 Å². The first-order valence-corrected chi connectivity index (χ1v) is 6.66. The molecule has 1 aliphatic rings.